The summed E-state index contributed by atoms with van der Waals surface area (Å²) in [6.45, 7) is 0. The number of hydrogen-bond donors (Lipinski definition) is 2. The molecule has 1 fully saturated rings. The number of hydrogen-bond acceptors (Lipinski definition) is 3. The Bertz CT molecular complexity index is 1540. The van der Waals surface area contributed by atoms with Gasteiger partial charge in [0.15, 0.2) is 0 Å². The first-order valence-electron chi connectivity index (χ1n) is 12.3. The van der Waals surface area contributed by atoms with Crippen molar-refractivity contribution < 1.29 is 23.1 Å². The lowest BCUT2D eigenvalue weighted by atomic mass is 9.74. The molecule has 0 unspecified atom stereocenters. The van der Waals surface area contributed by atoms with Crippen LogP contribution in [0.3, 0.4) is 0 Å². The van der Waals surface area contributed by atoms with E-state index in [0.29, 0.717) is 11.3 Å². The molecule has 2 aromatic carbocycles. The molecule has 1 aliphatic carbocycles. The minimum atomic E-state index is -4.55. The van der Waals surface area contributed by atoms with Gasteiger partial charge in [-0.3, -0.25) is 10.1 Å². The maximum atomic E-state index is 13.4. The number of nitrogens with one attached hydrogen (secondary N) is 1. The summed E-state index contributed by atoms with van der Waals surface area (Å²) in [5.74, 6) is -0.977. The molecule has 0 spiro atoms. The molecular weight excluding hydrogens is 527 g/mol. The lowest BCUT2D eigenvalue weighted by Gasteiger charge is -2.31. The number of halogens is 4. The maximum absolute atomic E-state index is 13.4. The van der Waals surface area contributed by atoms with E-state index in [-0.39, 0.29) is 10.9 Å². The Balaban J connectivity index is 1.70. The Hall–Kier alpha value is -4.17. The zero-order valence-corrected chi connectivity index (χ0v) is 21.3. The van der Waals surface area contributed by atoms with Crippen molar-refractivity contribution in [1.82, 2.24) is 15.2 Å². The molecule has 0 bridgehead atoms. The van der Waals surface area contributed by atoms with Gasteiger partial charge < -0.3 is 5.11 Å². The molecule has 0 amide bonds. The fourth-order valence-electron chi connectivity index (χ4n) is 4.65. The number of allylic oxidation sites excluding steroid dienone is 1. The summed E-state index contributed by atoms with van der Waals surface area (Å²) in [5, 5.41) is 15.7. The van der Waals surface area contributed by atoms with Crippen LogP contribution in [-0.2, 0) is 11.0 Å². The number of nitrogens with zero attached hydrogens (tertiary/aromatic N) is 2. The highest BCUT2D eigenvalue weighted by Gasteiger charge is 2.34. The second-order valence-corrected chi connectivity index (χ2v) is 9.73. The molecule has 5 rings (SSSR count). The number of pyridine rings is 1. The van der Waals surface area contributed by atoms with E-state index in [2.05, 4.69) is 15.2 Å². The lowest BCUT2D eigenvalue weighted by Crippen LogP contribution is -2.17. The number of carboxylic acids is 1. The van der Waals surface area contributed by atoms with Crippen LogP contribution in [0.4, 0.5) is 13.2 Å². The SMILES string of the molecule is O=C(O)C=Cc1ccc(C(=C(c2ncc(C(F)(F)F)cc2Cl)C2CCC2)c2ccc(-c3cn[nH]c3)cc2)cc1. The van der Waals surface area contributed by atoms with Gasteiger partial charge in [-0.1, -0.05) is 66.6 Å². The summed E-state index contributed by atoms with van der Waals surface area (Å²) >= 11 is 6.49. The molecule has 0 atom stereocenters. The van der Waals surface area contributed by atoms with Crippen LogP contribution in [-0.4, -0.2) is 26.3 Å². The number of benzene rings is 2. The fourth-order valence-corrected chi connectivity index (χ4v) is 4.92. The average molecular weight is 550 g/mol. The summed E-state index contributed by atoms with van der Waals surface area (Å²) in [6, 6.07) is 16.1. The number of rotatable bonds is 7. The third-order valence-corrected chi connectivity index (χ3v) is 7.12. The van der Waals surface area contributed by atoms with Gasteiger partial charge in [0.05, 0.1) is 22.5 Å². The van der Waals surface area contributed by atoms with Crippen LogP contribution in [0, 0.1) is 5.92 Å². The Kier molecular flexibility index (Phi) is 7.39. The van der Waals surface area contributed by atoms with E-state index in [0.717, 1.165) is 71.0 Å². The number of aromatic amines is 1. The van der Waals surface area contributed by atoms with Crippen molar-refractivity contribution >= 4 is 34.8 Å². The highest BCUT2D eigenvalue weighted by atomic mass is 35.5. The molecule has 39 heavy (non-hydrogen) atoms. The Morgan fingerprint density at radius 1 is 1.00 bits per heavy atom. The summed E-state index contributed by atoms with van der Waals surface area (Å²) in [6.07, 6.45) is 5.08. The second-order valence-electron chi connectivity index (χ2n) is 9.33. The van der Waals surface area contributed by atoms with Crippen LogP contribution in [0.15, 0.2) is 79.3 Å². The van der Waals surface area contributed by atoms with E-state index in [9.17, 15) is 18.0 Å². The van der Waals surface area contributed by atoms with Crippen molar-refractivity contribution in [2.45, 2.75) is 25.4 Å². The fraction of sp³-hybridized carbons (Fsp3) is 0.167. The molecule has 1 aliphatic rings. The quantitative estimate of drug-likeness (QED) is 0.229. The first kappa shape index (κ1) is 26.4. The van der Waals surface area contributed by atoms with Gasteiger partial charge in [-0.25, -0.2) is 4.79 Å². The standard InChI is InChI=1S/C30H23ClF3N3O2/c31-25-14-24(30(32,33)34)17-35-29(25)28(20-2-1-3-20)27(21-7-4-18(5-8-21)6-13-26(38)39)22-11-9-19(10-12-22)23-15-36-37-16-23/h4-17,20H,1-3H2,(H,36,37)(H,38,39). The zero-order valence-electron chi connectivity index (χ0n) is 20.5. The maximum Gasteiger partial charge on any atom is 0.417 e. The topological polar surface area (TPSA) is 78.9 Å². The lowest BCUT2D eigenvalue weighted by molar-refractivity contribution is -0.138. The number of aliphatic carboxylic acids is 1. The Morgan fingerprint density at radius 3 is 2.18 bits per heavy atom. The van der Waals surface area contributed by atoms with Crippen LogP contribution >= 0.6 is 11.6 Å². The van der Waals surface area contributed by atoms with E-state index < -0.39 is 17.7 Å². The van der Waals surface area contributed by atoms with Crippen LogP contribution in [0.1, 0.15) is 47.2 Å². The highest BCUT2D eigenvalue weighted by molar-refractivity contribution is 6.32. The molecule has 0 saturated heterocycles. The van der Waals surface area contributed by atoms with Crippen molar-refractivity contribution in [2.24, 2.45) is 5.92 Å². The third-order valence-electron chi connectivity index (χ3n) is 6.83. The molecule has 2 heterocycles. The van der Waals surface area contributed by atoms with Gasteiger partial charge in [-0.15, -0.1) is 0 Å². The molecule has 5 nitrogen and oxygen atoms in total. The summed E-state index contributed by atoms with van der Waals surface area (Å²) in [7, 11) is 0. The predicted molar refractivity (Wildman–Crippen MR) is 145 cm³/mol. The second kappa shape index (κ2) is 10.9. The van der Waals surface area contributed by atoms with Gasteiger partial charge >= 0.3 is 12.1 Å². The van der Waals surface area contributed by atoms with Gasteiger partial charge in [0.2, 0.25) is 0 Å². The number of aromatic nitrogens is 3. The summed E-state index contributed by atoms with van der Waals surface area (Å²) < 4.78 is 40.1. The summed E-state index contributed by atoms with van der Waals surface area (Å²) in [5.41, 5.74) is 5.31. The highest BCUT2D eigenvalue weighted by Crippen LogP contribution is 2.47. The third kappa shape index (κ3) is 5.81. The Labute approximate surface area is 227 Å². The molecule has 1 saturated carbocycles. The van der Waals surface area contributed by atoms with Gasteiger partial charge in [0.1, 0.15) is 0 Å². The molecule has 2 aromatic heterocycles. The van der Waals surface area contributed by atoms with Gasteiger partial charge in [0.25, 0.3) is 0 Å². The molecular formula is C30H23ClF3N3O2. The van der Waals surface area contributed by atoms with Crippen molar-refractivity contribution in [3.63, 3.8) is 0 Å². The molecule has 198 valence electrons. The average Bonchev–Trinajstić information content (AvgIpc) is 3.42. The van der Waals surface area contributed by atoms with Crippen molar-refractivity contribution in [1.29, 1.82) is 0 Å². The van der Waals surface area contributed by atoms with Crippen molar-refractivity contribution in [2.75, 3.05) is 0 Å². The van der Waals surface area contributed by atoms with E-state index in [4.69, 9.17) is 16.7 Å². The van der Waals surface area contributed by atoms with Crippen molar-refractivity contribution in [3.05, 3.63) is 112 Å². The van der Waals surface area contributed by atoms with E-state index in [1.165, 1.54) is 6.08 Å². The Morgan fingerprint density at radius 2 is 1.67 bits per heavy atom. The molecule has 9 heteroatoms. The zero-order chi connectivity index (χ0) is 27.6. The van der Waals surface area contributed by atoms with Crippen LogP contribution < -0.4 is 0 Å². The minimum Gasteiger partial charge on any atom is -0.478 e. The largest absolute Gasteiger partial charge is 0.478 e. The van der Waals surface area contributed by atoms with Crippen molar-refractivity contribution in [3.8, 4) is 11.1 Å². The van der Waals surface area contributed by atoms with Crippen LogP contribution in [0.2, 0.25) is 5.02 Å². The van der Waals surface area contributed by atoms with E-state index in [1.807, 2.05) is 36.4 Å². The smallest absolute Gasteiger partial charge is 0.417 e. The normalized spacial score (nSPS) is 14.8. The molecule has 2 N–H and O–H groups in total. The van der Waals surface area contributed by atoms with Gasteiger partial charge in [0, 0.05) is 24.0 Å². The first-order chi connectivity index (χ1) is 18.7. The van der Waals surface area contributed by atoms with E-state index >= 15 is 0 Å². The summed E-state index contributed by atoms with van der Waals surface area (Å²) in [4.78, 5) is 15.2. The molecule has 4 aromatic rings. The van der Waals surface area contributed by atoms with Gasteiger partial charge in [-0.05, 0) is 64.3 Å². The van der Waals surface area contributed by atoms with Gasteiger partial charge in [-0.2, -0.15) is 18.3 Å². The number of alkyl halides is 3. The van der Waals surface area contributed by atoms with Crippen LogP contribution in [0.5, 0.6) is 0 Å². The molecule has 0 aliphatic heterocycles. The first-order valence-corrected chi connectivity index (χ1v) is 12.7. The number of carboxylic acid groups (broad SMARTS) is 1. The number of carbonyl (C=O) groups is 1. The predicted octanol–water partition coefficient (Wildman–Crippen LogP) is 8.00. The number of H-pyrrole nitrogens is 1. The van der Waals surface area contributed by atoms with Crippen LogP contribution in [0.25, 0.3) is 28.3 Å². The monoisotopic (exact) mass is 549 g/mol. The minimum absolute atomic E-state index is 0.0553. The molecule has 0 radical (unpaired) electrons. The van der Waals surface area contributed by atoms with E-state index in [1.54, 1.807) is 24.5 Å².